The summed E-state index contributed by atoms with van der Waals surface area (Å²) in [5, 5.41) is 0. The molecule has 1 atom stereocenters. The molecule has 0 heterocycles. The van der Waals surface area contributed by atoms with Crippen LogP contribution in [0.5, 0.6) is 5.75 Å². The Morgan fingerprint density at radius 2 is 2.21 bits per heavy atom. The van der Waals surface area contributed by atoms with Crippen molar-refractivity contribution in [3.8, 4) is 5.75 Å². The van der Waals surface area contributed by atoms with E-state index in [4.69, 9.17) is 4.74 Å². The van der Waals surface area contributed by atoms with Gasteiger partial charge in [-0.1, -0.05) is 6.07 Å². The highest BCUT2D eigenvalue weighted by Crippen LogP contribution is 2.23. The summed E-state index contributed by atoms with van der Waals surface area (Å²) in [7, 11) is 0. The minimum atomic E-state index is -0.558. The number of halogens is 2. The van der Waals surface area contributed by atoms with Crippen LogP contribution in [0.15, 0.2) is 18.2 Å². The van der Waals surface area contributed by atoms with Gasteiger partial charge in [0.1, 0.15) is 0 Å². The van der Waals surface area contributed by atoms with Gasteiger partial charge in [-0.05, 0) is 31.5 Å². The molecule has 1 unspecified atom stereocenters. The van der Waals surface area contributed by atoms with Crippen molar-refractivity contribution >= 4 is 0 Å². The molecule has 3 heteroatoms. The van der Waals surface area contributed by atoms with Gasteiger partial charge in [0.05, 0.1) is 13.3 Å². The molecule has 0 saturated heterocycles. The minimum absolute atomic E-state index is 0.159. The van der Waals surface area contributed by atoms with Crippen LogP contribution in [0, 0.1) is 12.7 Å². The first-order valence-corrected chi connectivity index (χ1v) is 4.50. The molecule has 1 aromatic rings. The number of hydrogen-bond donors (Lipinski definition) is 0. The summed E-state index contributed by atoms with van der Waals surface area (Å²) in [4.78, 5) is 0. The summed E-state index contributed by atoms with van der Waals surface area (Å²) < 4.78 is 30.4. The van der Waals surface area contributed by atoms with Gasteiger partial charge in [0.25, 0.3) is 0 Å². The van der Waals surface area contributed by atoms with Crippen LogP contribution in [0.1, 0.15) is 18.4 Å². The monoisotopic (exact) mass is 199 g/mol. The van der Waals surface area contributed by atoms with Gasteiger partial charge in [-0.2, -0.15) is 0 Å². The molecule has 14 heavy (non-hydrogen) atoms. The van der Waals surface area contributed by atoms with Crippen LogP contribution in [0.25, 0.3) is 0 Å². The fourth-order valence-electron chi connectivity index (χ4n) is 1.13. The predicted octanol–water partition coefficient (Wildman–Crippen LogP) is 3.11. The van der Waals surface area contributed by atoms with Crippen molar-refractivity contribution in [3.05, 3.63) is 36.5 Å². The van der Waals surface area contributed by atoms with Crippen LogP contribution < -0.4 is 4.74 Å². The van der Waals surface area contributed by atoms with Crippen LogP contribution in [0.4, 0.5) is 8.78 Å². The van der Waals surface area contributed by atoms with Crippen molar-refractivity contribution in [3.63, 3.8) is 0 Å². The quantitative estimate of drug-likeness (QED) is 0.724. The zero-order valence-electron chi connectivity index (χ0n) is 8.09. The molecular weight excluding hydrogens is 186 g/mol. The number of rotatable bonds is 4. The molecule has 1 aromatic carbocycles. The Morgan fingerprint density at radius 3 is 2.79 bits per heavy atom. The molecule has 0 amide bonds. The Labute approximate surface area is 82.7 Å². The fourth-order valence-corrected chi connectivity index (χ4v) is 1.13. The molecule has 0 aromatic heterocycles. The van der Waals surface area contributed by atoms with E-state index in [0.717, 1.165) is 0 Å². The van der Waals surface area contributed by atoms with Crippen LogP contribution in [0.2, 0.25) is 0 Å². The Hall–Kier alpha value is -1.12. The third kappa shape index (κ3) is 2.44. The van der Waals surface area contributed by atoms with E-state index in [-0.39, 0.29) is 5.75 Å². The van der Waals surface area contributed by atoms with E-state index in [1.165, 1.54) is 18.2 Å². The third-order valence-corrected chi connectivity index (χ3v) is 1.91. The minimum Gasteiger partial charge on any atom is -0.491 e. The molecule has 0 aliphatic rings. The average molecular weight is 199 g/mol. The highest BCUT2D eigenvalue weighted by atomic mass is 19.1. The third-order valence-electron chi connectivity index (χ3n) is 1.91. The first-order valence-electron chi connectivity index (χ1n) is 4.50. The topological polar surface area (TPSA) is 9.23 Å². The highest BCUT2D eigenvalue weighted by molar-refractivity contribution is 5.33. The molecule has 1 nitrogen and oxygen atoms in total. The number of ether oxygens (including phenoxy) is 1. The van der Waals surface area contributed by atoms with Gasteiger partial charge in [-0.15, -0.1) is 0 Å². The van der Waals surface area contributed by atoms with Gasteiger partial charge >= 0.3 is 0 Å². The maximum Gasteiger partial charge on any atom is 0.165 e. The zero-order chi connectivity index (χ0) is 10.6. The summed E-state index contributed by atoms with van der Waals surface area (Å²) in [6.45, 7) is 5.20. The largest absolute Gasteiger partial charge is 0.491 e. The van der Waals surface area contributed by atoms with Gasteiger partial charge in [0, 0.05) is 5.92 Å². The highest BCUT2D eigenvalue weighted by Gasteiger charge is 2.09. The lowest BCUT2D eigenvalue weighted by molar-refractivity contribution is 0.320. The Balaban J connectivity index is 2.93. The zero-order valence-corrected chi connectivity index (χ0v) is 8.09. The van der Waals surface area contributed by atoms with E-state index in [0.29, 0.717) is 12.2 Å². The van der Waals surface area contributed by atoms with Gasteiger partial charge in [0.15, 0.2) is 11.6 Å². The van der Waals surface area contributed by atoms with Crippen LogP contribution >= 0.6 is 0 Å². The maximum atomic E-state index is 13.1. The normalized spacial score (nSPS) is 12.6. The molecule has 0 N–H and O–H groups in total. The first kappa shape index (κ1) is 11.0. The van der Waals surface area contributed by atoms with E-state index in [9.17, 15) is 8.78 Å². The standard InChI is InChI=1S/C11H13F2O/c1-3-14-11-6-9(8(2)7-12)4-5-10(11)13/h4-6,8H,2-3,7H2,1H3. The van der Waals surface area contributed by atoms with Crippen molar-refractivity contribution in [2.45, 2.75) is 12.8 Å². The molecule has 77 valence electrons. The molecule has 0 saturated carbocycles. The molecule has 0 fully saturated rings. The predicted molar refractivity (Wildman–Crippen MR) is 51.6 cm³/mol. The average Bonchev–Trinajstić information content (AvgIpc) is 2.20. The SMILES string of the molecule is [CH2]C(CF)c1ccc(F)c(OCC)c1. The molecule has 0 aliphatic heterocycles. The Bertz CT molecular complexity index is 299. The smallest absolute Gasteiger partial charge is 0.165 e. The van der Waals surface area contributed by atoms with E-state index < -0.39 is 18.4 Å². The first-order chi connectivity index (χ1) is 6.69. The lowest BCUT2D eigenvalue weighted by atomic mass is 10.0. The van der Waals surface area contributed by atoms with Crippen LogP contribution in [-0.4, -0.2) is 13.3 Å². The van der Waals surface area contributed by atoms with E-state index >= 15 is 0 Å². The Kier molecular flexibility index (Phi) is 3.86. The van der Waals surface area contributed by atoms with Gasteiger partial charge in [0.2, 0.25) is 0 Å². The number of benzene rings is 1. The fraction of sp³-hybridized carbons (Fsp3) is 0.364. The maximum absolute atomic E-state index is 13.1. The lowest BCUT2D eigenvalue weighted by Gasteiger charge is -2.10. The van der Waals surface area contributed by atoms with Gasteiger partial charge < -0.3 is 4.74 Å². The van der Waals surface area contributed by atoms with Crippen molar-refractivity contribution in [2.24, 2.45) is 0 Å². The van der Waals surface area contributed by atoms with Crippen molar-refractivity contribution in [1.29, 1.82) is 0 Å². The number of hydrogen-bond acceptors (Lipinski definition) is 1. The number of alkyl halides is 1. The summed E-state index contributed by atoms with van der Waals surface area (Å²) in [6, 6.07) is 4.29. The van der Waals surface area contributed by atoms with Gasteiger partial charge in [-0.25, -0.2) is 4.39 Å². The van der Waals surface area contributed by atoms with Crippen LogP contribution in [0.3, 0.4) is 0 Å². The van der Waals surface area contributed by atoms with Crippen LogP contribution in [-0.2, 0) is 0 Å². The molecule has 0 aliphatic carbocycles. The second-order valence-electron chi connectivity index (χ2n) is 2.97. The summed E-state index contributed by atoms with van der Waals surface area (Å²) in [5.74, 6) is -0.733. The summed E-state index contributed by atoms with van der Waals surface area (Å²) in [5.41, 5.74) is 0.650. The molecule has 1 rings (SSSR count). The van der Waals surface area contributed by atoms with Crippen molar-refractivity contribution in [1.82, 2.24) is 0 Å². The molecule has 0 bridgehead atoms. The van der Waals surface area contributed by atoms with Crippen molar-refractivity contribution in [2.75, 3.05) is 13.3 Å². The second kappa shape index (κ2) is 4.94. The molecule has 0 spiro atoms. The van der Waals surface area contributed by atoms with E-state index in [1.807, 2.05) is 0 Å². The van der Waals surface area contributed by atoms with E-state index in [2.05, 4.69) is 6.92 Å². The van der Waals surface area contributed by atoms with Gasteiger partial charge in [-0.3, -0.25) is 4.39 Å². The molecule has 1 radical (unpaired) electrons. The second-order valence-corrected chi connectivity index (χ2v) is 2.97. The lowest BCUT2D eigenvalue weighted by Crippen LogP contribution is -1.99. The van der Waals surface area contributed by atoms with E-state index in [1.54, 1.807) is 6.92 Å². The molecular formula is C11H13F2O. The Morgan fingerprint density at radius 1 is 1.50 bits per heavy atom. The van der Waals surface area contributed by atoms with Crippen molar-refractivity contribution < 1.29 is 13.5 Å². The summed E-state index contributed by atoms with van der Waals surface area (Å²) in [6.07, 6.45) is 0. The summed E-state index contributed by atoms with van der Waals surface area (Å²) >= 11 is 0.